The van der Waals surface area contributed by atoms with Crippen molar-refractivity contribution >= 4 is 17.1 Å². The monoisotopic (exact) mass is 373 g/mol. The topological polar surface area (TPSA) is 61.6 Å². The third-order valence-corrected chi connectivity index (χ3v) is 4.30. The third-order valence-electron chi connectivity index (χ3n) is 4.30. The first-order chi connectivity index (χ1) is 13.6. The summed E-state index contributed by atoms with van der Waals surface area (Å²) in [6, 6.07) is 20.6. The molecule has 1 heterocycles. The molecule has 140 valence electrons. The third kappa shape index (κ3) is 3.88. The van der Waals surface area contributed by atoms with Gasteiger partial charge in [0.1, 0.15) is 17.0 Å². The largest absolute Gasteiger partial charge is 0.482 e. The normalized spacial score (nSPS) is 10.8. The molecule has 4 aromatic rings. The van der Waals surface area contributed by atoms with Crippen molar-refractivity contribution in [1.82, 2.24) is 4.98 Å². The minimum Gasteiger partial charge on any atom is -0.482 e. The molecule has 0 N–H and O–H groups in total. The minimum absolute atomic E-state index is 0.173. The van der Waals surface area contributed by atoms with Crippen LogP contribution in [0.2, 0.25) is 0 Å². The number of benzene rings is 3. The van der Waals surface area contributed by atoms with Gasteiger partial charge in [-0.25, -0.2) is 9.78 Å². The number of esters is 1. The van der Waals surface area contributed by atoms with Crippen LogP contribution in [0.25, 0.3) is 22.6 Å². The highest BCUT2D eigenvalue weighted by Gasteiger charge is 2.12. The zero-order chi connectivity index (χ0) is 19.5. The van der Waals surface area contributed by atoms with E-state index in [4.69, 9.17) is 13.9 Å². The lowest BCUT2D eigenvalue weighted by Gasteiger charge is -2.09. The quantitative estimate of drug-likeness (QED) is 0.360. The van der Waals surface area contributed by atoms with Gasteiger partial charge in [-0.3, -0.25) is 0 Å². The second kappa shape index (κ2) is 7.56. The highest BCUT2D eigenvalue weighted by Crippen LogP contribution is 2.27. The molecule has 0 saturated heterocycles. The van der Waals surface area contributed by atoms with Crippen LogP contribution in [-0.2, 0) is 4.79 Å². The Bertz CT molecular complexity index is 1130. The second-order valence-corrected chi connectivity index (χ2v) is 6.55. The van der Waals surface area contributed by atoms with Crippen molar-refractivity contribution in [2.45, 2.75) is 13.8 Å². The Balaban J connectivity index is 1.45. The van der Waals surface area contributed by atoms with E-state index in [1.807, 2.05) is 62.4 Å². The summed E-state index contributed by atoms with van der Waals surface area (Å²) in [5.74, 6) is 1.10. The van der Waals surface area contributed by atoms with Gasteiger partial charge in [0.15, 0.2) is 12.2 Å². The predicted molar refractivity (Wildman–Crippen MR) is 106 cm³/mol. The van der Waals surface area contributed by atoms with E-state index < -0.39 is 5.97 Å². The van der Waals surface area contributed by atoms with Crippen LogP contribution >= 0.6 is 0 Å². The maximum atomic E-state index is 12.2. The molecule has 1 aromatic heterocycles. The van der Waals surface area contributed by atoms with Gasteiger partial charge in [0.2, 0.25) is 5.89 Å². The number of rotatable bonds is 5. The molecule has 0 fully saturated rings. The van der Waals surface area contributed by atoms with Crippen molar-refractivity contribution in [2.75, 3.05) is 6.61 Å². The molecule has 0 amide bonds. The molecule has 4 rings (SSSR count). The molecule has 0 spiro atoms. The molecule has 5 heteroatoms. The Morgan fingerprint density at radius 3 is 2.64 bits per heavy atom. The van der Waals surface area contributed by atoms with Crippen LogP contribution in [0.5, 0.6) is 11.5 Å². The van der Waals surface area contributed by atoms with Gasteiger partial charge in [0, 0.05) is 11.6 Å². The summed E-state index contributed by atoms with van der Waals surface area (Å²) >= 11 is 0. The second-order valence-electron chi connectivity index (χ2n) is 6.55. The summed E-state index contributed by atoms with van der Waals surface area (Å²) in [4.78, 5) is 16.6. The minimum atomic E-state index is -0.483. The van der Waals surface area contributed by atoms with Crippen LogP contribution in [0.3, 0.4) is 0 Å². The Hall–Kier alpha value is -3.60. The predicted octanol–water partition coefficient (Wildman–Crippen LogP) is 5.10. The van der Waals surface area contributed by atoms with E-state index in [0.717, 1.165) is 16.7 Å². The summed E-state index contributed by atoms with van der Waals surface area (Å²) in [6.45, 7) is 3.73. The Morgan fingerprint density at radius 2 is 1.82 bits per heavy atom. The molecule has 3 aromatic carbocycles. The lowest BCUT2D eigenvalue weighted by molar-refractivity contribution is -0.136. The van der Waals surface area contributed by atoms with Gasteiger partial charge in [-0.15, -0.1) is 0 Å². The molecular formula is C23H19NO4. The first-order valence-electron chi connectivity index (χ1n) is 8.95. The highest BCUT2D eigenvalue weighted by atomic mass is 16.6. The van der Waals surface area contributed by atoms with Crippen molar-refractivity contribution in [3.05, 3.63) is 77.9 Å². The molecule has 0 radical (unpaired) electrons. The SMILES string of the molecule is Cc1ccc(C)c(OCC(=O)Oc2ccc3nc(-c4ccccc4)oc3c2)c1. The summed E-state index contributed by atoms with van der Waals surface area (Å²) in [5.41, 5.74) is 4.18. The summed E-state index contributed by atoms with van der Waals surface area (Å²) in [6.07, 6.45) is 0. The van der Waals surface area contributed by atoms with Gasteiger partial charge < -0.3 is 13.9 Å². The molecule has 0 saturated carbocycles. The van der Waals surface area contributed by atoms with E-state index in [-0.39, 0.29) is 6.61 Å². The van der Waals surface area contributed by atoms with E-state index in [9.17, 15) is 4.79 Å². The van der Waals surface area contributed by atoms with Crippen molar-refractivity contribution in [2.24, 2.45) is 0 Å². The molecule has 0 aliphatic carbocycles. The Labute approximate surface area is 162 Å². The molecule has 0 aliphatic rings. The van der Waals surface area contributed by atoms with Gasteiger partial charge in [-0.05, 0) is 55.3 Å². The number of aryl methyl sites for hydroxylation is 2. The summed E-state index contributed by atoms with van der Waals surface area (Å²) < 4.78 is 16.8. The number of carbonyl (C=O) groups is 1. The first kappa shape index (κ1) is 17.8. The number of fused-ring (bicyclic) bond motifs is 1. The average Bonchev–Trinajstić information content (AvgIpc) is 3.13. The number of aromatic nitrogens is 1. The fourth-order valence-electron chi connectivity index (χ4n) is 2.83. The van der Waals surface area contributed by atoms with Crippen LogP contribution in [0, 0.1) is 13.8 Å². The maximum absolute atomic E-state index is 12.2. The molecule has 0 aliphatic heterocycles. The van der Waals surface area contributed by atoms with E-state index >= 15 is 0 Å². The number of hydrogen-bond acceptors (Lipinski definition) is 5. The summed E-state index contributed by atoms with van der Waals surface area (Å²) in [5, 5.41) is 0. The van der Waals surface area contributed by atoms with Crippen molar-refractivity contribution < 1.29 is 18.7 Å². The van der Waals surface area contributed by atoms with Crippen LogP contribution in [-0.4, -0.2) is 17.6 Å². The van der Waals surface area contributed by atoms with Gasteiger partial charge in [-0.2, -0.15) is 0 Å². The molecule has 0 unspecified atom stereocenters. The molecule has 0 bridgehead atoms. The van der Waals surface area contributed by atoms with E-state index in [1.54, 1.807) is 18.2 Å². The van der Waals surface area contributed by atoms with Gasteiger partial charge in [-0.1, -0.05) is 30.3 Å². The number of nitrogens with zero attached hydrogens (tertiary/aromatic N) is 1. The van der Waals surface area contributed by atoms with Crippen molar-refractivity contribution in [3.63, 3.8) is 0 Å². The summed E-state index contributed by atoms with van der Waals surface area (Å²) in [7, 11) is 0. The van der Waals surface area contributed by atoms with Crippen LogP contribution < -0.4 is 9.47 Å². The van der Waals surface area contributed by atoms with E-state index in [2.05, 4.69) is 4.98 Å². The van der Waals surface area contributed by atoms with Crippen molar-refractivity contribution in [3.8, 4) is 23.0 Å². The Kier molecular flexibility index (Phi) is 4.81. The Morgan fingerprint density at radius 1 is 1.00 bits per heavy atom. The zero-order valence-corrected chi connectivity index (χ0v) is 15.6. The number of oxazole rings is 1. The first-order valence-corrected chi connectivity index (χ1v) is 8.95. The molecule has 5 nitrogen and oxygen atoms in total. The highest BCUT2D eigenvalue weighted by molar-refractivity contribution is 5.80. The lowest BCUT2D eigenvalue weighted by Crippen LogP contribution is -2.18. The lowest BCUT2D eigenvalue weighted by atomic mass is 10.1. The van der Waals surface area contributed by atoms with Crippen LogP contribution in [0.1, 0.15) is 11.1 Å². The van der Waals surface area contributed by atoms with Crippen LogP contribution in [0.15, 0.2) is 71.1 Å². The van der Waals surface area contributed by atoms with Crippen molar-refractivity contribution in [1.29, 1.82) is 0 Å². The standard InChI is InChI=1S/C23H19NO4/c1-15-8-9-16(2)20(12-15)26-14-22(25)27-18-10-11-19-21(13-18)28-23(24-19)17-6-4-3-5-7-17/h3-13H,14H2,1-2H3. The fourth-order valence-corrected chi connectivity index (χ4v) is 2.83. The maximum Gasteiger partial charge on any atom is 0.349 e. The number of hydrogen-bond donors (Lipinski definition) is 0. The number of carbonyl (C=O) groups excluding carboxylic acids is 1. The average molecular weight is 373 g/mol. The zero-order valence-electron chi connectivity index (χ0n) is 15.6. The van der Waals surface area contributed by atoms with Gasteiger partial charge in [0.05, 0.1) is 0 Å². The van der Waals surface area contributed by atoms with Gasteiger partial charge in [0.25, 0.3) is 0 Å². The van der Waals surface area contributed by atoms with Crippen LogP contribution in [0.4, 0.5) is 0 Å². The van der Waals surface area contributed by atoms with Gasteiger partial charge >= 0.3 is 5.97 Å². The molecule has 28 heavy (non-hydrogen) atoms. The molecule has 0 atom stereocenters. The smallest absolute Gasteiger partial charge is 0.349 e. The van der Waals surface area contributed by atoms with E-state index in [0.29, 0.717) is 28.5 Å². The fraction of sp³-hybridized carbons (Fsp3) is 0.130. The molecular weight excluding hydrogens is 354 g/mol. The van der Waals surface area contributed by atoms with E-state index in [1.165, 1.54) is 0 Å². The number of ether oxygens (including phenoxy) is 2.